The number of unbranched alkanes of at least 4 members (excludes halogenated alkanes) is 4. The van der Waals surface area contributed by atoms with Crippen LogP contribution < -0.4 is 15.4 Å². The Morgan fingerprint density at radius 3 is 2.45 bits per heavy atom. The molecule has 3 rings (SSSR count). The molecule has 0 unspecified atom stereocenters. The molecule has 0 aliphatic heterocycles. The van der Waals surface area contributed by atoms with Crippen molar-refractivity contribution in [1.29, 1.82) is 0 Å². The van der Waals surface area contributed by atoms with E-state index in [1.807, 2.05) is 66.7 Å². The van der Waals surface area contributed by atoms with Gasteiger partial charge in [0, 0.05) is 16.8 Å². The Kier molecular flexibility index (Phi) is 7.93. The average molecular weight is 391 g/mol. The number of nitrogens with one attached hydrogen (secondary N) is 2. The monoisotopic (exact) mass is 390 g/mol. The van der Waals surface area contributed by atoms with E-state index in [0.717, 1.165) is 40.9 Å². The molecule has 0 bridgehead atoms. The third kappa shape index (κ3) is 6.53. The fourth-order valence-electron chi connectivity index (χ4n) is 3.28. The lowest BCUT2D eigenvalue weighted by Gasteiger charge is -2.11. The standard InChI is InChI=1S/C25H30N2O2/c1-2-3-4-5-8-18-29-22-16-14-21(15-17-22)26-19-25(28)27-24-13-9-11-20-10-6-7-12-23(20)24/h6-7,9-17,26H,2-5,8,18-19H2,1H3,(H,27,28). The molecule has 0 aromatic heterocycles. The van der Waals surface area contributed by atoms with Crippen LogP contribution in [0.4, 0.5) is 11.4 Å². The number of carbonyl (C=O) groups is 1. The topological polar surface area (TPSA) is 50.4 Å². The third-order valence-corrected chi connectivity index (χ3v) is 4.89. The SMILES string of the molecule is CCCCCCCOc1ccc(NCC(=O)Nc2cccc3ccccc23)cc1. The highest BCUT2D eigenvalue weighted by atomic mass is 16.5. The second-order valence-electron chi connectivity index (χ2n) is 7.22. The molecule has 0 saturated carbocycles. The predicted molar refractivity (Wildman–Crippen MR) is 122 cm³/mol. The number of ether oxygens (including phenoxy) is 1. The van der Waals surface area contributed by atoms with Crippen molar-refractivity contribution in [2.45, 2.75) is 39.0 Å². The van der Waals surface area contributed by atoms with Gasteiger partial charge >= 0.3 is 0 Å². The molecule has 0 aliphatic rings. The quantitative estimate of drug-likeness (QED) is 0.381. The average Bonchev–Trinajstić information content (AvgIpc) is 2.76. The van der Waals surface area contributed by atoms with Crippen LogP contribution >= 0.6 is 0 Å². The van der Waals surface area contributed by atoms with E-state index < -0.39 is 0 Å². The minimum atomic E-state index is -0.0752. The van der Waals surface area contributed by atoms with E-state index in [4.69, 9.17) is 4.74 Å². The number of hydrogen-bond acceptors (Lipinski definition) is 3. The highest BCUT2D eigenvalue weighted by Gasteiger charge is 2.06. The van der Waals surface area contributed by atoms with Gasteiger partial charge in [0.25, 0.3) is 0 Å². The van der Waals surface area contributed by atoms with Crippen LogP contribution in [0.5, 0.6) is 5.75 Å². The van der Waals surface area contributed by atoms with Crippen molar-refractivity contribution in [2.75, 3.05) is 23.8 Å². The molecule has 4 heteroatoms. The van der Waals surface area contributed by atoms with Crippen molar-refractivity contribution in [3.63, 3.8) is 0 Å². The fraction of sp³-hybridized carbons (Fsp3) is 0.320. The zero-order valence-electron chi connectivity index (χ0n) is 17.1. The Bertz CT molecular complexity index is 901. The lowest BCUT2D eigenvalue weighted by atomic mass is 10.1. The largest absolute Gasteiger partial charge is 0.494 e. The van der Waals surface area contributed by atoms with E-state index in [1.54, 1.807) is 0 Å². The molecule has 0 aliphatic carbocycles. The molecule has 1 amide bonds. The van der Waals surface area contributed by atoms with E-state index in [2.05, 4.69) is 17.6 Å². The first-order valence-electron chi connectivity index (χ1n) is 10.5. The first-order valence-corrected chi connectivity index (χ1v) is 10.5. The van der Waals surface area contributed by atoms with Crippen molar-refractivity contribution in [3.8, 4) is 5.75 Å². The van der Waals surface area contributed by atoms with E-state index >= 15 is 0 Å². The van der Waals surface area contributed by atoms with Crippen molar-refractivity contribution in [2.24, 2.45) is 0 Å². The molecule has 3 aromatic carbocycles. The Labute approximate surface area is 173 Å². The summed E-state index contributed by atoms with van der Waals surface area (Å²) >= 11 is 0. The van der Waals surface area contributed by atoms with Crippen LogP contribution in [0.25, 0.3) is 10.8 Å². The number of hydrogen-bond donors (Lipinski definition) is 2. The van der Waals surface area contributed by atoms with Crippen LogP contribution in [-0.2, 0) is 4.79 Å². The molecular formula is C25H30N2O2. The zero-order valence-corrected chi connectivity index (χ0v) is 17.1. The maximum absolute atomic E-state index is 12.3. The first kappa shape index (κ1) is 20.7. The number of benzene rings is 3. The van der Waals surface area contributed by atoms with E-state index in [1.165, 1.54) is 25.7 Å². The second kappa shape index (κ2) is 11.1. The molecule has 0 spiro atoms. The van der Waals surface area contributed by atoms with Crippen molar-refractivity contribution < 1.29 is 9.53 Å². The third-order valence-electron chi connectivity index (χ3n) is 4.89. The number of carbonyl (C=O) groups excluding carboxylic acids is 1. The number of amides is 1. The molecule has 0 radical (unpaired) electrons. The summed E-state index contributed by atoms with van der Waals surface area (Å²) in [5, 5.41) is 8.30. The first-order chi connectivity index (χ1) is 14.3. The molecule has 2 N–H and O–H groups in total. The van der Waals surface area contributed by atoms with E-state index in [-0.39, 0.29) is 12.5 Å². The minimum Gasteiger partial charge on any atom is -0.494 e. The van der Waals surface area contributed by atoms with Crippen LogP contribution in [0.3, 0.4) is 0 Å². The number of anilines is 2. The van der Waals surface area contributed by atoms with Crippen LogP contribution in [-0.4, -0.2) is 19.1 Å². The van der Waals surface area contributed by atoms with Crippen molar-refractivity contribution in [3.05, 3.63) is 66.7 Å². The van der Waals surface area contributed by atoms with Crippen LogP contribution in [0, 0.1) is 0 Å². The van der Waals surface area contributed by atoms with Gasteiger partial charge in [-0.3, -0.25) is 4.79 Å². The number of rotatable bonds is 11. The minimum absolute atomic E-state index is 0.0752. The van der Waals surface area contributed by atoms with Gasteiger partial charge in [-0.1, -0.05) is 69.0 Å². The lowest BCUT2D eigenvalue weighted by Crippen LogP contribution is -2.21. The Hall–Kier alpha value is -3.01. The van der Waals surface area contributed by atoms with Crippen molar-refractivity contribution in [1.82, 2.24) is 0 Å². The fourth-order valence-corrected chi connectivity index (χ4v) is 3.28. The Morgan fingerprint density at radius 2 is 1.62 bits per heavy atom. The van der Waals surface area contributed by atoms with Gasteiger partial charge in [0.05, 0.1) is 13.2 Å². The van der Waals surface area contributed by atoms with Gasteiger partial charge in [-0.15, -0.1) is 0 Å². The normalized spacial score (nSPS) is 10.7. The molecule has 0 fully saturated rings. The lowest BCUT2D eigenvalue weighted by molar-refractivity contribution is -0.114. The molecular weight excluding hydrogens is 360 g/mol. The van der Waals surface area contributed by atoms with Crippen LogP contribution in [0.2, 0.25) is 0 Å². The van der Waals surface area contributed by atoms with Gasteiger partial charge in [0.2, 0.25) is 5.91 Å². The molecule has 152 valence electrons. The number of fused-ring (bicyclic) bond motifs is 1. The summed E-state index contributed by atoms with van der Waals surface area (Å²) in [4.78, 5) is 12.3. The van der Waals surface area contributed by atoms with E-state index in [0.29, 0.717) is 0 Å². The predicted octanol–water partition coefficient (Wildman–Crippen LogP) is 6.24. The summed E-state index contributed by atoms with van der Waals surface area (Å²) in [6, 6.07) is 21.7. The smallest absolute Gasteiger partial charge is 0.243 e. The summed E-state index contributed by atoms with van der Waals surface area (Å²) in [7, 11) is 0. The molecule has 4 nitrogen and oxygen atoms in total. The maximum atomic E-state index is 12.3. The zero-order chi connectivity index (χ0) is 20.3. The van der Waals surface area contributed by atoms with Crippen LogP contribution in [0.1, 0.15) is 39.0 Å². The highest BCUT2D eigenvalue weighted by molar-refractivity contribution is 6.03. The van der Waals surface area contributed by atoms with Gasteiger partial charge in [0.15, 0.2) is 0 Å². The maximum Gasteiger partial charge on any atom is 0.243 e. The highest BCUT2D eigenvalue weighted by Crippen LogP contribution is 2.23. The summed E-state index contributed by atoms with van der Waals surface area (Å²) in [5.74, 6) is 0.792. The Morgan fingerprint density at radius 1 is 0.862 bits per heavy atom. The Balaban J connectivity index is 1.43. The molecule has 0 saturated heterocycles. The van der Waals surface area contributed by atoms with Gasteiger partial charge in [0.1, 0.15) is 5.75 Å². The molecule has 0 heterocycles. The van der Waals surface area contributed by atoms with Crippen molar-refractivity contribution >= 4 is 28.1 Å². The van der Waals surface area contributed by atoms with Gasteiger partial charge in [-0.25, -0.2) is 0 Å². The van der Waals surface area contributed by atoms with Gasteiger partial charge in [-0.2, -0.15) is 0 Å². The molecule has 3 aromatic rings. The summed E-state index contributed by atoms with van der Waals surface area (Å²) in [6.45, 7) is 3.18. The molecule has 0 atom stereocenters. The van der Waals surface area contributed by atoms with Gasteiger partial charge < -0.3 is 15.4 Å². The van der Waals surface area contributed by atoms with E-state index in [9.17, 15) is 4.79 Å². The molecule has 29 heavy (non-hydrogen) atoms. The summed E-state index contributed by atoms with van der Waals surface area (Å²) < 4.78 is 5.78. The summed E-state index contributed by atoms with van der Waals surface area (Å²) in [6.07, 6.45) is 6.15. The van der Waals surface area contributed by atoms with Crippen LogP contribution in [0.15, 0.2) is 66.7 Å². The summed E-state index contributed by atoms with van der Waals surface area (Å²) in [5.41, 5.74) is 1.73. The van der Waals surface area contributed by atoms with Gasteiger partial charge in [-0.05, 0) is 42.1 Å². The second-order valence-corrected chi connectivity index (χ2v) is 7.22.